The van der Waals surface area contributed by atoms with Crippen LogP contribution in [0.4, 0.5) is 11.4 Å². The van der Waals surface area contributed by atoms with Crippen LogP contribution < -0.4 is 19.5 Å². The second kappa shape index (κ2) is 14.5. The van der Waals surface area contributed by atoms with Gasteiger partial charge in [0.25, 0.3) is 21.8 Å². The fourth-order valence-corrected chi connectivity index (χ4v) is 7.51. The van der Waals surface area contributed by atoms with E-state index in [1.165, 1.54) is 25.3 Å². The summed E-state index contributed by atoms with van der Waals surface area (Å²) in [6.07, 6.45) is 3.20. The summed E-state index contributed by atoms with van der Waals surface area (Å²) in [7, 11) is -6.82. The summed E-state index contributed by atoms with van der Waals surface area (Å²) in [4.78, 5) is 31.7. The van der Waals surface area contributed by atoms with Crippen molar-refractivity contribution in [3.63, 3.8) is 0 Å². The van der Waals surface area contributed by atoms with Crippen LogP contribution in [0.2, 0.25) is 5.02 Å². The summed E-state index contributed by atoms with van der Waals surface area (Å²) < 4.78 is 67.3. The molecule has 1 unspecified atom stereocenters. The number of aryl methyl sites for hydroxylation is 3. The number of ether oxygens (including phenoxy) is 2. The number of amidine groups is 1. The van der Waals surface area contributed by atoms with Gasteiger partial charge in [-0.3, -0.25) is 18.6 Å². The van der Waals surface area contributed by atoms with Gasteiger partial charge in [0.15, 0.2) is 11.9 Å². The van der Waals surface area contributed by atoms with Gasteiger partial charge >= 0.3 is 0 Å². The zero-order chi connectivity index (χ0) is 36.4. The molecule has 0 spiro atoms. The Morgan fingerprint density at radius 1 is 1.02 bits per heavy atom. The van der Waals surface area contributed by atoms with E-state index in [9.17, 15) is 26.4 Å². The van der Waals surface area contributed by atoms with Gasteiger partial charge in [-0.25, -0.2) is 26.6 Å². The predicted molar refractivity (Wildman–Crippen MR) is 188 cm³/mol. The summed E-state index contributed by atoms with van der Waals surface area (Å²) in [6.45, 7) is 5.60. The lowest BCUT2D eigenvalue weighted by molar-refractivity contribution is -0.117. The van der Waals surface area contributed by atoms with Crippen LogP contribution in [0.15, 0.2) is 76.9 Å². The minimum absolute atomic E-state index is 0.0677. The lowest BCUT2D eigenvalue weighted by atomic mass is 10.1. The number of nitrogens with zero attached hydrogens (tertiary/aromatic N) is 4. The topological polar surface area (TPSA) is 178 Å². The predicted octanol–water partition coefficient (Wildman–Crippen LogP) is 4.54. The van der Waals surface area contributed by atoms with E-state index in [4.69, 9.17) is 21.1 Å². The molecule has 264 valence electrons. The molecule has 17 heteroatoms. The van der Waals surface area contributed by atoms with E-state index in [-0.39, 0.29) is 53.0 Å². The number of aromatic nitrogens is 2. The highest BCUT2D eigenvalue weighted by molar-refractivity contribution is 7.90. The lowest BCUT2D eigenvalue weighted by Gasteiger charge is -2.33. The van der Waals surface area contributed by atoms with E-state index in [2.05, 4.69) is 15.4 Å². The first-order valence-electron chi connectivity index (χ1n) is 15.2. The van der Waals surface area contributed by atoms with Gasteiger partial charge in [-0.15, -0.1) is 0 Å². The fraction of sp³-hybridized carbons (Fsp3) is 0.273. The molecule has 2 amide bonds. The number of carbonyl (C=O) groups excluding carboxylic acids is 2. The SMILES string of the molecule is COc1cc(Cl)c(C)cc1NC(=O)C(C1=Nc2ccccc2S(=O)(=O)N1CCCOc1ccc(C)cc1C)n1cc(C(=O)NS(C)(=O)=O)cn1. The molecule has 0 radical (unpaired) electrons. The average molecular weight is 743 g/mol. The highest BCUT2D eigenvalue weighted by Gasteiger charge is 2.41. The van der Waals surface area contributed by atoms with Crippen molar-refractivity contribution >= 4 is 60.7 Å². The standard InChI is InChI=1S/C33H35ClN6O8S2/c1-20-11-12-27(22(3)15-20)48-14-8-13-40-31(36-25-9-6-7-10-29(25)50(40,45)46)30(39-19-23(18-35-39)32(41)38-49(5,43)44)33(42)37-26-16-21(2)24(34)17-28(26)47-4/h6-7,9-12,15-19,30H,8,13-14H2,1-5H3,(H,37,42)(H,38,41). The largest absolute Gasteiger partial charge is 0.495 e. The molecule has 0 saturated heterocycles. The van der Waals surface area contributed by atoms with Crippen LogP contribution in [0.1, 0.15) is 39.5 Å². The average Bonchev–Trinajstić information content (AvgIpc) is 3.52. The summed E-state index contributed by atoms with van der Waals surface area (Å²) in [5.74, 6) is -1.15. The van der Waals surface area contributed by atoms with Crippen LogP contribution in [0, 0.1) is 20.8 Å². The molecule has 0 bridgehead atoms. The molecule has 2 N–H and O–H groups in total. The number of benzene rings is 3. The third-order valence-electron chi connectivity index (χ3n) is 7.66. The third-order valence-corrected chi connectivity index (χ3v) is 10.5. The quantitative estimate of drug-likeness (QED) is 0.197. The second-order valence-electron chi connectivity index (χ2n) is 11.6. The van der Waals surface area contributed by atoms with Gasteiger partial charge in [-0.2, -0.15) is 5.10 Å². The number of methoxy groups -OCH3 is 1. The number of rotatable bonds is 12. The van der Waals surface area contributed by atoms with Crippen LogP contribution in [0.3, 0.4) is 0 Å². The van der Waals surface area contributed by atoms with Gasteiger partial charge < -0.3 is 14.8 Å². The fourth-order valence-electron chi connectivity index (χ4n) is 5.28. The number of sulfonamides is 2. The maximum Gasteiger partial charge on any atom is 0.267 e. The molecular weight excluding hydrogens is 708 g/mol. The van der Waals surface area contributed by atoms with Crippen molar-refractivity contribution in [2.45, 2.75) is 38.1 Å². The van der Waals surface area contributed by atoms with E-state index < -0.39 is 37.9 Å². The molecule has 2 heterocycles. The van der Waals surface area contributed by atoms with Crippen molar-refractivity contribution in [2.75, 3.05) is 31.8 Å². The number of fused-ring (bicyclic) bond motifs is 1. The molecule has 3 aromatic carbocycles. The normalized spacial score (nSPS) is 14.3. The Morgan fingerprint density at radius 3 is 2.46 bits per heavy atom. The zero-order valence-corrected chi connectivity index (χ0v) is 30.2. The van der Waals surface area contributed by atoms with Crippen LogP contribution in [0.25, 0.3) is 0 Å². The minimum Gasteiger partial charge on any atom is -0.495 e. The summed E-state index contributed by atoms with van der Waals surface area (Å²) in [5.41, 5.74) is 2.71. The number of para-hydroxylation sites is 1. The Labute approximate surface area is 295 Å². The van der Waals surface area contributed by atoms with E-state index in [1.54, 1.807) is 25.1 Å². The molecule has 1 aliphatic heterocycles. The zero-order valence-electron chi connectivity index (χ0n) is 27.8. The van der Waals surface area contributed by atoms with Gasteiger partial charge in [0, 0.05) is 30.3 Å². The molecule has 14 nitrogen and oxygen atoms in total. The minimum atomic E-state index is -4.28. The van der Waals surface area contributed by atoms with Crippen LogP contribution in [-0.2, 0) is 24.8 Å². The smallest absolute Gasteiger partial charge is 0.267 e. The first-order valence-corrected chi connectivity index (χ1v) is 18.9. The highest BCUT2D eigenvalue weighted by Crippen LogP contribution is 2.36. The number of anilines is 1. The molecule has 1 atom stereocenters. The summed E-state index contributed by atoms with van der Waals surface area (Å²) >= 11 is 6.28. The maximum absolute atomic E-state index is 14.3. The van der Waals surface area contributed by atoms with E-state index in [1.807, 2.05) is 36.8 Å². The summed E-state index contributed by atoms with van der Waals surface area (Å²) in [5, 5.41) is 7.35. The number of aliphatic imine (C=N–C) groups is 1. The number of amides is 2. The number of halogens is 1. The molecule has 5 rings (SSSR count). The first-order chi connectivity index (χ1) is 23.6. The monoisotopic (exact) mass is 742 g/mol. The van der Waals surface area contributed by atoms with Crippen molar-refractivity contribution in [2.24, 2.45) is 4.99 Å². The van der Waals surface area contributed by atoms with E-state index >= 15 is 0 Å². The Balaban J connectivity index is 1.58. The van der Waals surface area contributed by atoms with Gasteiger partial charge in [0.2, 0.25) is 10.0 Å². The molecule has 1 aliphatic rings. The van der Waals surface area contributed by atoms with Gasteiger partial charge in [0.05, 0.1) is 43.1 Å². The van der Waals surface area contributed by atoms with E-state index in [0.717, 1.165) is 38.8 Å². The highest BCUT2D eigenvalue weighted by atomic mass is 35.5. The Bertz CT molecular complexity index is 2220. The van der Waals surface area contributed by atoms with Crippen molar-refractivity contribution in [3.8, 4) is 11.5 Å². The van der Waals surface area contributed by atoms with Crippen molar-refractivity contribution in [1.29, 1.82) is 0 Å². The van der Waals surface area contributed by atoms with Gasteiger partial charge in [-0.05, 0) is 56.2 Å². The Hall–Kier alpha value is -4.93. The molecular formula is C33H35ClN6O8S2. The molecule has 50 heavy (non-hydrogen) atoms. The first kappa shape index (κ1) is 36.4. The molecule has 1 aromatic heterocycles. The molecule has 0 aliphatic carbocycles. The number of carbonyl (C=O) groups is 2. The van der Waals surface area contributed by atoms with Gasteiger partial charge in [-0.1, -0.05) is 41.4 Å². The number of nitrogens with one attached hydrogen (secondary N) is 2. The second-order valence-corrected chi connectivity index (χ2v) is 15.6. The van der Waals surface area contributed by atoms with E-state index in [0.29, 0.717) is 16.3 Å². The molecule has 4 aromatic rings. The van der Waals surface area contributed by atoms with Gasteiger partial charge in [0.1, 0.15) is 16.4 Å². The Morgan fingerprint density at radius 2 is 1.76 bits per heavy atom. The number of hydrogen-bond donors (Lipinski definition) is 2. The lowest BCUT2D eigenvalue weighted by Crippen LogP contribution is -2.47. The van der Waals surface area contributed by atoms with Crippen molar-refractivity contribution in [1.82, 2.24) is 18.8 Å². The van der Waals surface area contributed by atoms with Crippen molar-refractivity contribution < 1.29 is 35.9 Å². The van der Waals surface area contributed by atoms with Crippen LogP contribution in [0.5, 0.6) is 11.5 Å². The molecule has 0 saturated carbocycles. The molecule has 0 fully saturated rings. The summed E-state index contributed by atoms with van der Waals surface area (Å²) in [6, 6.07) is 13.3. The van der Waals surface area contributed by atoms with Crippen molar-refractivity contribution in [3.05, 3.63) is 94.3 Å². The Kier molecular flexibility index (Phi) is 10.5. The third kappa shape index (κ3) is 7.93. The van der Waals surface area contributed by atoms with Crippen LogP contribution >= 0.6 is 11.6 Å². The number of hydrogen-bond acceptors (Lipinski definition) is 10. The van der Waals surface area contributed by atoms with Crippen LogP contribution in [-0.4, -0.2) is 75.1 Å². The maximum atomic E-state index is 14.3.